The van der Waals surface area contributed by atoms with Crippen LogP contribution in [0.2, 0.25) is 0 Å². The first-order valence-electron chi connectivity index (χ1n) is 13.5. The van der Waals surface area contributed by atoms with E-state index in [2.05, 4.69) is 63.4 Å². The number of fused-ring (bicyclic) bond motifs is 3. The molecule has 0 spiro atoms. The highest BCUT2D eigenvalue weighted by molar-refractivity contribution is 8.00. The van der Waals surface area contributed by atoms with Gasteiger partial charge in [-0.15, -0.1) is 10.2 Å². The molecule has 0 aliphatic carbocycles. The molecule has 40 heavy (non-hydrogen) atoms. The van der Waals surface area contributed by atoms with Crippen molar-refractivity contribution in [3.8, 4) is 22.5 Å². The Hall–Kier alpha value is -4.49. The molecule has 0 aliphatic rings. The number of amides is 1. The first kappa shape index (κ1) is 25.8. The fraction of sp³-hybridized carbons (Fsp3) is 0.152. The second-order valence-corrected chi connectivity index (χ2v) is 10.7. The largest absolute Gasteiger partial charge is 0.341 e. The molecule has 0 fully saturated rings. The Morgan fingerprint density at radius 1 is 0.775 bits per heavy atom. The number of aromatic nitrogens is 4. The summed E-state index contributed by atoms with van der Waals surface area (Å²) >= 11 is 1.34. The Labute approximate surface area is 237 Å². The zero-order valence-electron chi connectivity index (χ0n) is 22.4. The smallest absolute Gasteiger partial charge is 0.237 e. The highest BCUT2D eigenvalue weighted by Crippen LogP contribution is 2.33. The van der Waals surface area contributed by atoms with Crippen molar-refractivity contribution in [2.45, 2.75) is 37.2 Å². The highest BCUT2D eigenvalue weighted by atomic mass is 32.2. The molecule has 0 bridgehead atoms. The molecular formula is C33H29N5OS. The van der Waals surface area contributed by atoms with Crippen molar-refractivity contribution in [3.63, 3.8) is 0 Å². The Balaban J connectivity index is 1.28. The van der Waals surface area contributed by atoms with E-state index >= 15 is 0 Å². The van der Waals surface area contributed by atoms with Gasteiger partial charge in [-0.25, -0.2) is 4.98 Å². The van der Waals surface area contributed by atoms with Gasteiger partial charge in [0.1, 0.15) is 11.4 Å². The van der Waals surface area contributed by atoms with Crippen molar-refractivity contribution in [3.05, 3.63) is 103 Å². The number of hydrogen-bond acceptors (Lipinski definition) is 5. The summed E-state index contributed by atoms with van der Waals surface area (Å²) in [4.78, 5) is 18.3. The minimum atomic E-state index is -0.374. The van der Waals surface area contributed by atoms with Crippen LogP contribution in [0.3, 0.4) is 0 Å². The molecule has 0 radical (unpaired) electrons. The van der Waals surface area contributed by atoms with Crippen LogP contribution in [0.1, 0.15) is 20.3 Å². The Kier molecular flexibility index (Phi) is 7.29. The zero-order chi connectivity index (χ0) is 27.5. The third-order valence-corrected chi connectivity index (χ3v) is 8.24. The van der Waals surface area contributed by atoms with E-state index in [4.69, 9.17) is 4.98 Å². The van der Waals surface area contributed by atoms with Crippen LogP contribution >= 0.6 is 11.8 Å². The van der Waals surface area contributed by atoms with E-state index in [1.54, 1.807) is 0 Å². The van der Waals surface area contributed by atoms with Crippen LogP contribution in [0.4, 0.5) is 5.69 Å². The number of benzene rings is 4. The number of thioether (sulfide) groups is 1. The maximum absolute atomic E-state index is 13.4. The molecule has 6 rings (SSSR count). The molecule has 198 valence electrons. The lowest BCUT2D eigenvalue weighted by Crippen LogP contribution is -2.25. The predicted octanol–water partition coefficient (Wildman–Crippen LogP) is 7.84. The van der Waals surface area contributed by atoms with E-state index in [0.29, 0.717) is 17.3 Å². The minimum absolute atomic E-state index is 0.0805. The fourth-order valence-corrected chi connectivity index (χ4v) is 5.91. The number of para-hydroxylation sites is 1. The van der Waals surface area contributed by atoms with Crippen molar-refractivity contribution in [1.82, 2.24) is 19.7 Å². The summed E-state index contributed by atoms with van der Waals surface area (Å²) in [6.45, 7) is 5.03. The monoisotopic (exact) mass is 543 g/mol. The van der Waals surface area contributed by atoms with Crippen molar-refractivity contribution in [1.29, 1.82) is 0 Å². The summed E-state index contributed by atoms with van der Waals surface area (Å²) < 4.78 is 2.30. The second kappa shape index (κ2) is 11.3. The van der Waals surface area contributed by atoms with Gasteiger partial charge in [0, 0.05) is 45.2 Å². The highest BCUT2D eigenvalue weighted by Gasteiger charge is 2.22. The van der Waals surface area contributed by atoms with Gasteiger partial charge in [0.2, 0.25) is 11.1 Å². The van der Waals surface area contributed by atoms with Gasteiger partial charge in [0.05, 0.1) is 5.25 Å². The van der Waals surface area contributed by atoms with Gasteiger partial charge >= 0.3 is 0 Å². The number of aryl methyl sites for hydroxylation is 1. The van der Waals surface area contributed by atoms with Gasteiger partial charge in [0.25, 0.3) is 0 Å². The van der Waals surface area contributed by atoms with Gasteiger partial charge < -0.3 is 9.88 Å². The van der Waals surface area contributed by atoms with Crippen molar-refractivity contribution >= 4 is 45.2 Å². The van der Waals surface area contributed by atoms with Crippen molar-refractivity contribution in [2.75, 3.05) is 5.32 Å². The topological polar surface area (TPSA) is 72.7 Å². The molecule has 0 saturated heterocycles. The van der Waals surface area contributed by atoms with Gasteiger partial charge in [-0.3, -0.25) is 4.79 Å². The molecule has 0 saturated carbocycles. The molecule has 1 amide bonds. The number of rotatable bonds is 8. The third-order valence-electron chi connectivity index (χ3n) is 7.03. The van der Waals surface area contributed by atoms with Crippen molar-refractivity contribution in [2.24, 2.45) is 0 Å². The molecule has 6 aromatic rings. The standard InChI is InChI=1S/C33H29N5OS/c1-3-29(32(39)34-24-19-20-28-26(21-24)25-17-11-12-18-27(25)38(28)4-2)40-33-35-30(22-13-7-5-8-14-22)31(36-37-33)23-15-9-6-10-16-23/h5-21,29H,3-4H2,1-2H3,(H,34,39). The third kappa shape index (κ3) is 4.96. The molecule has 6 nitrogen and oxygen atoms in total. The molecule has 1 unspecified atom stereocenters. The average molecular weight is 544 g/mol. The molecule has 0 aliphatic heterocycles. The van der Waals surface area contributed by atoms with Crippen LogP contribution in [-0.2, 0) is 11.3 Å². The van der Waals surface area contributed by atoms with E-state index in [-0.39, 0.29) is 11.2 Å². The predicted molar refractivity (Wildman–Crippen MR) is 164 cm³/mol. The maximum Gasteiger partial charge on any atom is 0.237 e. The van der Waals surface area contributed by atoms with Crippen LogP contribution in [0.15, 0.2) is 108 Å². The SMILES string of the molecule is CCC(Sc1nnc(-c2ccccc2)c(-c2ccccc2)n1)C(=O)Nc1ccc2c(c1)c1ccccc1n2CC. The van der Waals surface area contributed by atoms with E-state index in [0.717, 1.165) is 40.0 Å². The van der Waals surface area contributed by atoms with E-state index in [1.807, 2.05) is 73.7 Å². The molecule has 1 N–H and O–H groups in total. The van der Waals surface area contributed by atoms with Gasteiger partial charge in [-0.05, 0) is 37.6 Å². The molecule has 2 aromatic heterocycles. The normalized spacial score (nSPS) is 12.1. The molecule has 1 atom stereocenters. The molecular weight excluding hydrogens is 514 g/mol. The van der Waals surface area contributed by atoms with E-state index < -0.39 is 0 Å². The van der Waals surface area contributed by atoms with E-state index in [9.17, 15) is 4.79 Å². The number of carbonyl (C=O) groups is 1. The summed E-state index contributed by atoms with van der Waals surface area (Å²) in [6, 6.07) is 34.4. The Morgan fingerprint density at radius 3 is 2.12 bits per heavy atom. The Morgan fingerprint density at radius 2 is 1.43 bits per heavy atom. The molecule has 4 aromatic carbocycles. The van der Waals surface area contributed by atoms with Crippen LogP contribution in [0.5, 0.6) is 0 Å². The summed E-state index contributed by atoms with van der Waals surface area (Å²) in [5.41, 5.74) is 6.50. The lowest BCUT2D eigenvalue weighted by Gasteiger charge is -2.15. The maximum atomic E-state index is 13.4. The van der Waals surface area contributed by atoms with Crippen LogP contribution < -0.4 is 5.32 Å². The Bertz CT molecular complexity index is 1800. The zero-order valence-corrected chi connectivity index (χ0v) is 23.2. The van der Waals surface area contributed by atoms with Gasteiger partial charge in [-0.1, -0.05) is 97.5 Å². The van der Waals surface area contributed by atoms with Crippen LogP contribution in [0, 0.1) is 0 Å². The summed E-state index contributed by atoms with van der Waals surface area (Å²) in [7, 11) is 0. The number of nitrogens with one attached hydrogen (secondary N) is 1. The number of anilines is 1. The van der Waals surface area contributed by atoms with Crippen LogP contribution in [0.25, 0.3) is 44.3 Å². The van der Waals surface area contributed by atoms with Crippen molar-refractivity contribution < 1.29 is 4.79 Å². The average Bonchev–Trinajstić information content (AvgIpc) is 3.33. The van der Waals surface area contributed by atoms with Gasteiger partial charge in [0.15, 0.2) is 0 Å². The molecule has 7 heteroatoms. The first-order valence-corrected chi connectivity index (χ1v) is 14.4. The lowest BCUT2D eigenvalue weighted by atomic mass is 10.0. The summed E-state index contributed by atoms with van der Waals surface area (Å²) in [5, 5.41) is 14.5. The summed E-state index contributed by atoms with van der Waals surface area (Å²) in [6.07, 6.45) is 0.623. The lowest BCUT2D eigenvalue weighted by molar-refractivity contribution is -0.115. The second-order valence-electron chi connectivity index (χ2n) is 9.52. The quantitative estimate of drug-likeness (QED) is 0.198. The van der Waals surface area contributed by atoms with E-state index in [1.165, 1.54) is 22.7 Å². The number of carbonyl (C=O) groups excluding carboxylic acids is 1. The van der Waals surface area contributed by atoms with Gasteiger partial charge in [-0.2, -0.15) is 0 Å². The van der Waals surface area contributed by atoms with Crippen LogP contribution in [-0.4, -0.2) is 30.9 Å². The molecule has 2 heterocycles. The minimum Gasteiger partial charge on any atom is -0.341 e. The first-order chi connectivity index (χ1) is 19.7. The fourth-order valence-electron chi connectivity index (χ4n) is 5.09. The number of hydrogen-bond donors (Lipinski definition) is 1. The summed E-state index contributed by atoms with van der Waals surface area (Å²) in [5.74, 6) is -0.0805. The number of nitrogens with zero attached hydrogens (tertiary/aromatic N) is 4.